The van der Waals surface area contributed by atoms with Crippen molar-refractivity contribution < 1.29 is 0 Å². The fourth-order valence-electron chi connectivity index (χ4n) is 2.15. The quantitative estimate of drug-likeness (QED) is 0.418. The smallest absolute Gasteiger partial charge is 0.0174 e. The fourth-order valence-corrected chi connectivity index (χ4v) is 2.15. The molecule has 0 aromatic heterocycles. The van der Waals surface area contributed by atoms with E-state index in [1.165, 1.54) is 31.3 Å². The highest BCUT2D eigenvalue weighted by Gasteiger charge is 2.37. The molecule has 2 rings (SSSR count). The van der Waals surface area contributed by atoms with E-state index in [-0.39, 0.29) is 0 Å². The van der Waals surface area contributed by atoms with Gasteiger partial charge in [0.2, 0.25) is 0 Å². The van der Waals surface area contributed by atoms with E-state index >= 15 is 0 Å². The third-order valence-corrected chi connectivity index (χ3v) is 2.71. The standard InChI is InChI=1S/C8H12/c1-6-5-7-3-2-4-8(6)7/h7-8H,1-5H2/t7?,8-/m0/s1. The SMILES string of the molecule is C=C1CC2CCC[C@@H]12. The Kier molecular flexibility index (Phi) is 0.787. The van der Waals surface area contributed by atoms with Crippen LogP contribution in [-0.4, -0.2) is 0 Å². The van der Waals surface area contributed by atoms with Crippen molar-refractivity contribution in [2.75, 3.05) is 0 Å². The fraction of sp³-hybridized carbons (Fsp3) is 0.750. The Morgan fingerprint density at radius 2 is 2.25 bits per heavy atom. The van der Waals surface area contributed by atoms with Gasteiger partial charge in [-0.3, -0.25) is 0 Å². The predicted octanol–water partition coefficient (Wildman–Crippen LogP) is 2.36. The summed E-state index contributed by atoms with van der Waals surface area (Å²) >= 11 is 0. The zero-order valence-electron chi connectivity index (χ0n) is 5.19. The van der Waals surface area contributed by atoms with E-state index in [9.17, 15) is 0 Å². The lowest BCUT2D eigenvalue weighted by atomic mass is 9.72. The molecule has 0 spiro atoms. The number of allylic oxidation sites excluding steroid dienone is 1. The highest BCUT2D eigenvalue weighted by Crippen LogP contribution is 2.49. The second kappa shape index (κ2) is 1.37. The summed E-state index contributed by atoms with van der Waals surface area (Å²) in [6.45, 7) is 4.00. The van der Waals surface area contributed by atoms with Crippen molar-refractivity contribution >= 4 is 0 Å². The highest BCUT2D eigenvalue weighted by atomic mass is 14.4. The topological polar surface area (TPSA) is 0 Å². The van der Waals surface area contributed by atoms with Crippen molar-refractivity contribution in [3.05, 3.63) is 12.2 Å². The minimum atomic E-state index is 0.968. The van der Waals surface area contributed by atoms with Gasteiger partial charge in [-0.2, -0.15) is 0 Å². The van der Waals surface area contributed by atoms with E-state index in [0.717, 1.165) is 11.8 Å². The first-order valence-corrected chi connectivity index (χ1v) is 3.55. The first-order chi connectivity index (χ1) is 3.88. The molecule has 0 saturated heterocycles. The Bertz CT molecular complexity index is 124. The van der Waals surface area contributed by atoms with Gasteiger partial charge < -0.3 is 0 Å². The second-order valence-electron chi connectivity index (χ2n) is 3.16. The van der Waals surface area contributed by atoms with Crippen molar-refractivity contribution in [1.82, 2.24) is 0 Å². The first kappa shape index (κ1) is 4.60. The summed E-state index contributed by atoms with van der Waals surface area (Å²) in [5.74, 6) is 2.04. The number of hydrogen-bond acceptors (Lipinski definition) is 0. The van der Waals surface area contributed by atoms with Gasteiger partial charge in [-0.15, -0.1) is 0 Å². The van der Waals surface area contributed by atoms with E-state index in [0.29, 0.717) is 0 Å². The van der Waals surface area contributed by atoms with E-state index in [2.05, 4.69) is 6.58 Å². The number of rotatable bonds is 0. The normalized spacial score (nSPS) is 43.8. The molecule has 0 N–H and O–H groups in total. The molecule has 44 valence electrons. The van der Waals surface area contributed by atoms with Crippen molar-refractivity contribution in [1.29, 1.82) is 0 Å². The Morgan fingerprint density at radius 3 is 2.75 bits per heavy atom. The molecule has 0 heterocycles. The number of fused-ring (bicyclic) bond motifs is 1. The lowest BCUT2D eigenvalue weighted by Gasteiger charge is -2.33. The van der Waals surface area contributed by atoms with Crippen LogP contribution in [0.1, 0.15) is 25.7 Å². The Balaban J connectivity index is 2.11. The number of hydrogen-bond donors (Lipinski definition) is 0. The molecule has 0 aromatic carbocycles. The van der Waals surface area contributed by atoms with Crippen LogP contribution in [0.3, 0.4) is 0 Å². The van der Waals surface area contributed by atoms with E-state index < -0.39 is 0 Å². The van der Waals surface area contributed by atoms with Crippen LogP contribution < -0.4 is 0 Å². The summed E-state index contributed by atoms with van der Waals surface area (Å²) in [6.07, 6.45) is 5.76. The van der Waals surface area contributed by atoms with E-state index in [4.69, 9.17) is 0 Å². The summed E-state index contributed by atoms with van der Waals surface area (Å²) < 4.78 is 0. The third-order valence-electron chi connectivity index (χ3n) is 2.71. The molecule has 2 fully saturated rings. The van der Waals surface area contributed by atoms with Crippen molar-refractivity contribution in [2.24, 2.45) is 11.8 Å². The van der Waals surface area contributed by atoms with Crippen LogP contribution >= 0.6 is 0 Å². The van der Waals surface area contributed by atoms with Gasteiger partial charge in [0.25, 0.3) is 0 Å². The third kappa shape index (κ3) is 0.410. The molecule has 0 amide bonds. The second-order valence-corrected chi connectivity index (χ2v) is 3.16. The maximum atomic E-state index is 4.00. The molecule has 2 aliphatic rings. The summed E-state index contributed by atoms with van der Waals surface area (Å²) in [5, 5.41) is 0. The van der Waals surface area contributed by atoms with Crippen molar-refractivity contribution in [3.8, 4) is 0 Å². The van der Waals surface area contributed by atoms with Gasteiger partial charge in [0.1, 0.15) is 0 Å². The molecule has 2 aliphatic carbocycles. The van der Waals surface area contributed by atoms with Crippen molar-refractivity contribution in [3.63, 3.8) is 0 Å². The molecule has 2 atom stereocenters. The van der Waals surface area contributed by atoms with Gasteiger partial charge >= 0.3 is 0 Å². The van der Waals surface area contributed by atoms with E-state index in [1.54, 1.807) is 0 Å². The van der Waals surface area contributed by atoms with Gasteiger partial charge in [0.05, 0.1) is 0 Å². The molecule has 0 heteroatoms. The van der Waals surface area contributed by atoms with Crippen LogP contribution in [0.25, 0.3) is 0 Å². The van der Waals surface area contributed by atoms with Crippen LogP contribution in [0.2, 0.25) is 0 Å². The molecular formula is C8H12. The van der Waals surface area contributed by atoms with Crippen LogP contribution in [-0.2, 0) is 0 Å². The minimum Gasteiger partial charge on any atom is -0.0996 e. The lowest BCUT2D eigenvalue weighted by Crippen LogP contribution is -2.22. The monoisotopic (exact) mass is 108 g/mol. The van der Waals surface area contributed by atoms with Gasteiger partial charge in [0, 0.05) is 0 Å². The summed E-state index contributed by atoms with van der Waals surface area (Å²) in [4.78, 5) is 0. The highest BCUT2D eigenvalue weighted by molar-refractivity contribution is 5.16. The molecule has 8 heavy (non-hydrogen) atoms. The zero-order valence-corrected chi connectivity index (χ0v) is 5.19. The van der Waals surface area contributed by atoms with Gasteiger partial charge in [-0.05, 0) is 31.1 Å². The maximum absolute atomic E-state index is 4.00. The maximum Gasteiger partial charge on any atom is -0.0174 e. The van der Waals surface area contributed by atoms with Crippen molar-refractivity contribution in [2.45, 2.75) is 25.7 Å². The lowest BCUT2D eigenvalue weighted by molar-refractivity contribution is 0.328. The average Bonchev–Trinajstić information content (AvgIpc) is 2.09. The average molecular weight is 108 g/mol. The van der Waals surface area contributed by atoms with Crippen LogP contribution in [0.5, 0.6) is 0 Å². The largest absolute Gasteiger partial charge is 0.0996 e. The summed E-state index contributed by atoms with van der Waals surface area (Å²) in [6, 6.07) is 0. The predicted molar refractivity (Wildman–Crippen MR) is 34.6 cm³/mol. The molecular weight excluding hydrogens is 96.1 g/mol. The first-order valence-electron chi connectivity index (χ1n) is 3.55. The van der Waals surface area contributed by atoms with E-state index in [1.807, 2.05) is 0 Å². The van der Waals surface area contributed by atoms with Gasteiger partial charge in [0.15, 0.2) is 0 Å². The summed E-state index contributed by atoms with van der Waals surface area (Å²) in [5.41, 5.74) is 1.53. The molecule has 0 radical (unpaired) electrons. The minimum absolute atomic E-state index is 0.968. The van der Waals surface area contributed by atoms with Crippen LogP contribution in [0, 0.1) is 11.8 Å². The molecule has 2 saturated carbocycles. The van der Waals surface area contributed by atoms with Gasteiger partial charge in [-0.1, -0.05) is 18.6 Å². The molecule has 1 unspecified atom stereocenters. The van der Waals surface area contributed by atoms with Gasteiger partial charge in [-0.25, -0.2) is 0 Å². The molecule has 0 nitrogen and oxygen atoms in total. The molecule has 0 bridgehead atoms. The summed E-state index contributed by atoms with van der Waals surface area (Å²) in [7, 11) is 0. The zero-order chi connectivity index (χ0) is 5.56. The Hall–Kier alpha value is -0.260. The van der Waals surface area contributed by atoms with Crippen LogP contribution in [0.4, 0.5) is 0 Å². The molecule has 0 aromatic rings. The van der Waals surface area contributed by atoms with Crippen LogP contribution in [0.15, 0.2) is 12.2 Å². The Morgan fingerprint density at radius 1 is 1.38 bits per heavy atom. The molecule has 0 aliphatic heterocycles. The Labute approximate surface area is 50.6 Å².